The number of anilines is 1. The van der Waals surface area contributed by atoms with Crippen molar-refractivity contribution in [2.24, 2.45) is 0 Å². The number of benzene rings is 1. The predicted octanol–water partition coefficient (Wildman–Crippen LogP) is 3.57. The monoisotopic (exact) mass is 405 g/mol. The summed E-state index contributed by atoms with van der Waals surface area (Å²) in [5, 5.41) is 0. The summed E-state index contributed by atoms with van der Waals surface area (Å²) in [4.78, 5) is 10.3. The van der Waals surface area contributed by atoms with Crippen molar-refractivity contribution in [2.75, 3.05) is 10.9 Å². The van der Waals surface area contributed by atoms with Crippen molar-refractivity contribution in [1.29, 1.82) is 0 Å². The molecule has 23 heavy (non-hydrogen) atoms. The van der Waals surface area contributed by atoms with E-state index in [9.17, 15) is 17.9 Å². The number of allylic oxidation sites excluding steroid dienone is 1. The van der Waals surface area contributed by atoms with Crippen molar-refractivity contribution in [1.82, 2.24) is 0 Å². The molecule has 1 aromatic carbocycles. The third-order valence-electron chi connectivity index (χ3n) is 3.69. The average molecular weight is 406 g/mol. The fraction of sp³-hybridized carbons (Fsp3) is 0.400. The number of carbonyl (C=O) groups is 1. The molecule has 8 heteroatoms. The van der Waals surface area contributed by atoms with E-state index in [4.69, 9.17) is 4.74 Å². The fourth-order valence-electron chi connectivity index (χ4n) is 2.70. The molecule has 0 bridgehead atoms. The van der Waals surface area contributed by atoms with Crippen LogP contribution in [-0.4, -0.2) is 27.9 Å². The molecule has 1 N–H and O–H groups in total. The first kappa shape index (κ1) is 18.1. The summed E-state index contributed by atoms with van der Waals surface area (Å²) in [6.07, 6.45) is 4.97. The van der Waals surface area contributed by atoms with Crippen LogP contribution in [0.3, 0.4) is 0 Å². The van der Waals surface area contributed by atoms with Crippen molar-refractivity contribution >= 4 is 39.4 Å². The highest BCUT2D eigenvalue weighted by molar-refractivity contribution is 9.10. The van der Waals surface area contributed by atoms with Gasteiger partial charge in [0.15, 0.2) is 0 Å². The number of carbonyl (C=O) groups excluding carboxylic acids is 1. The summed E-state index contributed by atoms with van der Waals surface area (Å²) in [5.41, 5.74) is 1.39. The number of nitrogens with zero attached hydrogens (tertiary/aromatic N) is 1. The van der Waals surface area contributed by atoms with Gasteiger partial charge in [0.05, 0.1) is 18.3 Å². The standard InChI is InChI=1S/C15H17BrFNO4S/c16-13-9-12(17)5-6-15(13)18(23(20)21)14-4-2-1-3-11(14)7-8-22-10-19/h3,5-6,9-10,14H,1-2,4,7-8H2,(H,20,21). The highest BCUT2D eigenvalue weighted by atomic mass is 79.9. The Morgan fingerprint density at radius 2 is 2.30 bits per heavy atom. The van der Waals surface area contributed by atoms with Crippen LogP contribution in [0.2, 0.25) is 0 Å². The van der Waals surface area contributed by atoms with Crippen molar-refractivity contribution in [3.8, 4) is 0 Å². The molecule has 2 unspecified atom stereocenters. The Morgan fingerprint density at radius 3 is 2.96 bits per heavy atom. The smallest absolute Gasteiger partial charge is 0.293 e. The first-order chi connectivity index (χ1) is 11.0. The summed E-state index contributed by atoms with van der Waals surface area (Å²) >= 11 is 0.982. The summed E-state index contributed by atoms with van der Waals surface area (Å²) in [5.74, 6) is -0.428. The van der Waals surface area contributed by atoms with Gasteiger partial charge in [-0.1, -0.05) is 6.08 Å². The molecule has 0 aromatic heterocycles. The predicted molar refractivity (Wildman–Crippen MR) is 89.7 cm³/mol. The lowest BCUT2D eigenvalue weighted by Crippen LogP contribution is -2.39. The molecule has 0 aliphatic heterocycles. The van der Waals surface area contributed by atoms with Gasteiger partial charge in [-0.05, 0) is 59.0 Å². The zero-order chi connectivity index (χ0) is 16.8. The zero-order valence-electron chi connectivity index (χ0n) is 12.3. The van der Waals surface area contributed by atoms with Crippen molar-refractivity contribution < 1.29 is 22.7 Å². The molecule has 0 amide bonds. The summed E-state index contributed by atoms with van der Waals surface area (Å²) in [6.45, 7) is 0.610. The Hall–Kier alpha value is -1.25. The van der Waals surface area contributed by atoms with Crippen LogP contribution in [0.25, 0.3) is 0 Å². The molecule has 0 saturated heterocycles. The molecule has 0 spiro atoms. The van der Waals surface area contributed by atoms with E-state index in [1.54, 1.807) is 0 Å². The third kappa shape index (κ3) is 4.62. The molecule has 0 radical (unpaired) electrons. The van der Waals surface area contributed by atoms with Gasteiger partial charge in [-0.2, -0.15) is 0 Å². The second-order valence-corrected chi connectivity index (χ2v) is 6.80. The van der Waals surface area contributed by atoms with E-state index < -0.39 is 17.1 Å². The molecule has 1 aromatic rings. The summed E-state index contributed by atoms with van der Waals surface area (Å²) in [6, 6.07) is 3.69. The van der Waals surface area contributed by atoms with E-state index in [0.29, 0.717) is 29.5 Å². The normalized spacial score (nSPS) is 18.9. The van der Waals surface area contributed by atoms with Crippen molar-refractivity contribution in [3.05, 3.63) is 40.1 Å². The minimum Gasteiger partial charge on any atom is -0.468 e. The summed E-state index contributed by atoms with van der Waals surface area (Å²) < 4.78 is 41.5. The highest BCUT2D eigenvalue weighted by Gasteiger charge is 2.29. The topological polar surface area (TPSA) is 66.8 Å². The summed E-state index contributed by atoms with van der Waals surface area (Å²) in [7, 11) is 0. The maximum Gasteiger partial charge on any atom is 0.293 e. The molecule has 1 aliphatic carbocycles. The Kier molecular flexibility index (Phi) is 6.73. The molecular formula is C15H17BrFNO4S. The van der Waals surface area contributed by atoms with E-state index in [1.807, 2.05) is 6.08 Å². The molecule has 2 rings (SSSR count). The van der Waals surface area contributed by atoms with Crippen LogP contribution in [0.5, 0.6) is 0 Å². The van der Waals surface area contributed by atoms with E-state index in [0.717, 1.165) is 18.4 Å². The number of rotatable bonds is 7. The first-order valence-electron chi connectivity index (χ1n) is 7.14. The largest absolute Gasteiger partial charge is 0.468 e. The minimum absolute atomic E-state index is 0.225. The fourth-order valence-corrected chi connectivity index (χ4v) is 4.15. The first-order valence-corrected chi connectivity index (χ1v) is 8.99. The number of hydrogen-bond acceptors (Lipinski definition) is 3. The Labute approximate surface area is 145 Å². The van der Waals surface area contributed by atoms with Crippen LogP contribution in [0.4, 0.5) is 10.1 Å². The lowest BCUT2D eigenvalue weighted by molar-refractivity contribution is -0.128. The zero-order valence-corrected chi connectivity index (χ0v) is 14.7. The maximum atomic E-state index is 13.3. The molecule has 0 heterocycles. The minimum atomic E-state index is -2.27. The van der Waals surface area contributed by atoms with Crippen LogP contribution in [0.15, 0.2) is 34.3 Å². The van der Waals surface area contributed by atoms with Gasteiger partial charge in [-0.3, -0.25) is 13.7 Å². The van der Waals surface area contributed by atoms with E-state index in [-0.39, 0.29) is 12.6 Å². The Morgan fingerprint density at radius 1 is 1.52 bits per heavy atom. The third-order valence-corrected chi connectivity index (χ3v) is 5.11. The van der Waals surface area contributed by atoms with Gasteiger partial charge in [0.1, 0.15) is 5.82 Å². The second kappa shape index (κ2) is 8.56. The maximum absolute atomic E-state index is 13.3. The van der Waals surface area contributed by atoms with Crippen LogP contribution in [-0.2, 0) is 20.8 Å². The van der Waals surface area contributed by atoms with Gasteiger partial charge in [-0.15, -0.1) is 0 Å². The second-order valence-electron chi connectivity index (χ2n) is 5.10. The van der Waals surface area contributed by atoms with Crippen LogP contribution in [0.1, 0.15) is 25.7 Å². The Bertz CT molecular complexity index is 625. The van der Waals surface area contributed by atoms with Gasteiger partial charge in [0.25, 0.3) is 17.7 Å². The molecule has 2 atom stereocenters. The average Bonchev–Trinajstić information content (AvgIpc) is 2.51. The molecular weight excluding hydrogens is 389 g/mol. The van der Waals surface area contributed by atoms with Gasteiger partial charge in [0, 0.05) is 10.9 Å². The van der Waals surface area contributed by atoms with Crippen LogP contribution >= 0.6 is 15.9 Å². The van der Waals surface area contributed by atoms with E-state index in [2.05, 4.69) is 15.9 Å². The van der Waals surface area contributed by atoms with Gasteiger partial charge in [-0.25, -0.2) is 8.60 Å². The molecule has 0 fully saturated rings. The SMILES string of the molecule is O=COCCC1=CCCCC1N(c1ccc(F)cc1Br)S(=O)O. The Balaban J connectivity index is 2.31. The lowest BCUT2D eigenvalue weighted by atomic mass is 9.92. The molecule has 126 valence electrons. The number of halogens is 2. The van der Waals surface area contributed by atoms with Gasteiger partial charge < -0.3 is 4.74 Å². The van der Waals surface area contributed by atoms with E-state index in [1.165, 1.54) is 22.5 Å². The van der Waals surface area contributed by atoms with Crippen LogP contribution < -0.4 is 4.31 Å². The van der Waals surface area contributed by atoms with Crippen molar-refractivity contribution in [2.45, 2.75) is 31.7 Å². The van der Waals surface area contributed by atoms with E-state index >= 15 is 0 Å². The van der Waals surface area contributed by atoms with Crippen LogP contribution in [0, 0.1) is 5.82 Å². The molecule has 0 saturated carbocycles. The quantitative estimate of drug-likeness (QED) is 0.325. The van der Waals surface area contributed by atoms with Crippen molar-refractivity contribution in [3.63, 3.8) is 0 Å². The lowest BCUT2D eigenvalue weighted by Gasteiger charge is -2.34. The number of hydrogen-bond donors (Lipinski definition) is 1. The van der Waals surface area contributed by atoms with Gasteiger partial charge in [0.2, 0.25) is 0 Å². The number of ether oxygens (including phenoxy) is 1. The highest BCUT2D eigenvalue weighted by Crippen LogP contribution is 2.35. The molecule has 1 aliphatic rings. The van der Waals surface area contributed by atoms with Gasteiger partial charge >= 0.3 is 0 Å². The molecule has 5 nitrogen and oxygen atoms in total.